The molecule has 0 unspecified atom stereocenters. The van der Waals surface area contributed by atoms with Gasteiger partial charge in [-0.3, -0.25) is 4.79 Å². The van der Waals surface area contributed by atoms with Gasteiger partial charge in [-0.2, -0.15) is 0 Å². The molecule has 1 rings (SSSR count). The fourth-order valence-corrected chi connectivity index (χ4v) is 2.88. The van der Waals surface area contributed by atoms with Crippen LogP contribution in [0.15, 0.2) is 29.2 Å². The molecule has 0 saturated carbocycles. The fraction of sp³-hybridized carbons (Fsp3) is 0.417. The molecule has 1 aromatic carbocycles. The highest BCUT2D eigenvalue weighted by atomic mass is 32.2. The van der Waals surface area contributed by atoms with Crippen LogP contribution in [0.3, 0.4) is 0 Å². The van der Waals surface area contributed by atoms with Gasteiger partial charge in [0.05, 0.1) is 10.6 Å². The van der Waals surface area contributed by atoms with E-state index in [0.29, 0.717) is 19.3 Å². The summed E-state index contributed by atoms with van der Waals surface area (Å²) in [5, 5.41) is 8.42. The van der Waals surface area contributed by atoms with E-state index in [2.05, 4.69) is 0 Å². The SMILES string of the molecule is O=C(O)CCCCCS(=O)(=O)c1ccc(F)cc1. The van der Waals surface area contributed by atoms with Crippen molar-refractivity contribution in [2.24, 2.45) is 0 Å². The number of aliphatic carboxylic acids is 1. The van der Waals surface area contributed by atoms with Gasteiger partial charge in [-0.1, -0.05) is 6.42 Å². The van der Waals surface area contributed by atoms with Crippen LogP contribution in [0.4, 0.5) is 4.39 Å². The lowest BCUT2D eigenvalue weighted by atomic mass is 10.2. The van der Waals surface area contributed by atoms with Gasteiger partial charge in [-0.15, -0.1) is 0 Å². The third-order valence-electron chi connectivity index (χ3n) is 2.48. The first-order valence-corrected chi connectivity index (χ1v) is 7.27. The number of benzene rings is 1. The number of rotatable bonds is 7. The lowest BCUT2D eigenvalue weighted by Crippen LogP contribution is -2.07. The predicted octanol–water partition coefficient (Wildman–Crippen LogP) is 2.24. The molecule has 0 spiro atoms. The Bertz CT molecular complexity index is 493. The average molecular weight is 274 g/mol. The van der Waals surface area contributed by atoms with Crippen molar-refractivity contribution < 1.29 is 22.7 Å². The van der Waals surface area contributed by atoms with Gasteiger partial charge < -0.3 is 5.11 Å². The first-order valence-electron chi connectivity index (χ1n) is 5.62. The summed E-state index contributed by atoms with van der Waals surface area (Å²) in [7, 11) is -3.39. The zero-order valence-corrected chi connectivity index (χ0v) is 10.6. The smallest absolute Gasteiger partial charge is 0.303 e. The molecule has 0 heterocycles. The van der Waals surface area contributed by atoms with Crippen LogP contribution in [0.5, 0.6) is 0 Å². The van der Waals surface area contributed by atoms with Gasteiger partial charge in [-0.25, -0.2) is 12.8 Å². The molecule has 0 radical (unpaired) electrons. The number of carboxylic acids is 1. The summed E-state index contributed by atoms with van der Waals surface area (Å²) in [5.41, 5.74) is 0. The van der Waals surface area contributed by atoms with E-state index in [1.807, 2.05) is 0 Å². The van der Waals surface area contributed by atoms with Crippen LogP contribution < -0.4 is 0 Å². The Kier molecular flexibility index (Phi) is 5.27. The van der Waals surface area contributed by atoms with Crippen molar-refractivity contribution in [3.8, 4) is 0 Å². The number of hydrogen-bond donors (Lipinski definition) is 1. The Balaban J connectivity index is 2.45. The van der Waals surface area contributed by atoms with E-state index >= 15 is 0 Å². The molecule has 0 bridgehead atoms. The minimum absolute atomic E-state index is 0.0434. The maximum Gasteiger partial charge on any atom is 0.303 e. The summed E-state index contributed by atoms with van der Waals surface area (Å²) in [6.45, 7) is 0. The highest BCUT2D eigenvalue weighted by molar-refractivity contribution is 7.91. The van der Waals surface area contributed by atoms with Crippen LogP contribution in [0.2, 0.25) is 0 Å². The number of carboxylic acid groups (broad SMARTS) is 1. The second-order valence-corrected chi connectivity index (χ2v) is 6.09. The van der Waals surface area contributed by atoms with Crippen LogP contribution in [0.1, 0.15) is 25.7 Å². The largest absolute Gasteiger partial charge is 0.481 e. The van der Waals surface area contributed by atoms with Crippen molar-refractivity contribution in [3.05, 3.63) is 30.1 Å². The summed E-state index contributed by atoms with van der Waals surface area (Å²) in [6, 6.07) is 4.69. The molecule has 0 amide bonds. The van der Waals surface area contributed by atoms with Gasteiger partial charge in [0.2, 0.25) is 0 Å². The highest BCUT2D eigenvalue weighted by Gasteiger charge is 2.13. The molecule has 4 nitrogen and oxygen atoms in total. The van der Waals surface area contributed by atoms with Gasteiger partial charge in [0, 0.05) is 6.42 Å². The third-order valence-corrected chi connectivity index (χ3v) is 4.29. The fourth-order valence-electron chi connectivity index (χ4n) is 1.50. The van der Waals surface area contributed by atoms with E-state index in [1.54, 1.807) is 0 Å². The number of unbranched alkanes of at least 4 members (excludes halogenated alkanes) is 2. The molecule has 6 heteroatoms. The molecule has 0 aliphatic rings. The summed E-state index contributed by atoms with van der Waals surface area (Å²) >= 11 is 0. The molecular formula is C12H15FO4S. The Hall–Kier alpha value is -1.43. The molecule has 0 aliphatic heterocycles. The van der Waals surface area contributed by atoms with E-state index in [-0.39, 0.29) is 17.1 Å². The van der Waals surface area contributed by atoms with Crippen LogP contribution in [0.25, 0.3) is 0 Å². The lowest BCUT2D eigenvalue weighted by molar-refractivity contribution is -0.137. The van der Waals surface area contributed by atoms with Crippen LogP contribution in [-0.2, 0) is 14.6 Å². The summed E-state index contributed by atoms with van der Waals surface area (Å²) in [5.74, 6) is -1.40. The van der Waals surface area contributed by atoms with Gasteiger partial charge in [-0.05, 0) is 37.1 Å². The third kappa shape index (κ3) is 4.83. The average Bonchev–Trinajstić information content (AvgIpc) is 2.28. The molecular weight excluding hydrogens is 259 g/mol. The Morgan fingerprint density at radius 2 is 1.72 bits per heavy atom. The van der Waals surface area contributed by atoms with Crippen molar-refractivity contribution in [3.63, 3.8) is 0 Å². The van der Waals surface area contributed by atoms with Crippen LogP contribution in [0, 0.1) is 5.82 Å². The molecule has 18 heavy (non-hydrogen) atoms. The van der Waals surface area contributed by atoms with Gasteiger partial charge in [0.25, 0.3) is 0 Å². The van der Waals surface area contributed by atoms with E-state index < -0.39 is 21.6 Å². The number of carbonyl (C=O) groups is 1. The zero-order valence-electron chi connectivity index (χ0n) is 9.80. The van der Waals surface area contributed by atoms with Crippen molar-refractivity contribution in [2.75, 3.05) is 5.75 Å². The monoisotopic (exact) mass is 274 g/mol. The second-order valence-electron chi connectivity index (χ2n) is 3.98. The summed E-state index contributed by atoms with van der Waals surface area (Å²) in [4.78, 5) is 10.4. The first-order chi connectivity index (χ1) is 8.42. The lowest BCUT2D eigenvalue weighted by Gasteiger charge is -2.04. The van der Waals surface area contributed by atoms with Crippen molar-refractivity contribution in [1.82, 2.24) is 0 Å². The van der Waals surface area contributed by atoms with Crippen LogP contribution >= 0.6 is 0 Å². The zero-order chi connectivity index (χ0) is 13.6. The Morgan fingerprint density at radius 1 is 1.11 bits per heavy atom. The number of hydrogen-bond acceptors (Lipinski definition) is 3. The summed E-state index contributed by atoms with van der Waals surface area (Å²) in [6.07, 6.45) is 1.48. The van der Waals surface area contributed by atoms with Gasteiger partial charge >= 0.3 is 5.97 Å². The van der Waals surface area contributed by atoms with E-state index in [0.717, 1.165) is 12.1 Å². The molecule has 1 aromatic rings. The maximum absolute atomic E-state index is 12.7. The highest BCUT2D eigenvalue weighted by Crippen LogP contribution is 2.14. The molecule has 0 aromatic heterocycles. The Morgan fingerprint density at radius 3 is 2.28 bits per heavy atom. The number of halogens is 1. The molecule has 0 aliphatic carbocycles. The second kappa shape index (κ2) is 6.49. The molecule has 100 valence electrons. The van der Waals surface area contributed by atoms with Crippen molar-refractivity contribution >= 4 is 15.8 Å². The summed E-state index contributed by atoms with van der Waals surface area (Å²) < 4.78 is 36.3. The molecule has 0 atom stereocenters. The minimum Gasteiger partial charge on any atom is -0.481 e. The maximum atomic E-state index is 12.7. The topological polar surface area (TPSA) is 71.4 Å². The van der Waals surface area contributed by atoms with Crippen LogP contribution in [-0.4, -0.2) is 25.2 Å². The normalized spacial score (nSPS) is 11.4. The van der Waals surface area contributed by atoms with Gasteiger partial charge in [0.1, 0.15) is 5.82 Å². The molecule has 1 N–H and O–H groups in total. The van der Waals surface area contributed by atoms with Gasteiger partial charge in [0.15, 0.2) is 9.84 Å². The molecule has 0 saturated heterocycles. The minimum atomic E-state index is -3.39. The quantitative estimate of drug-likeness (QED) is 0.611. The predicted molar refractivity (Wildman–Crippen MR) is 64.6 cm³/mol. The van der Waals surface area contributed by atoms with E-state index in [1.165, 1.54) is 12.1 Å². The van der Waals surface area contributed by atoms with E-state index in [9.17, 15) is 17.6 Å². The molecule has 0 fully saturated rings. The van der Waals surface area contributed by atoms with Crippen molar-refractivity contribution in [1.29, 1.82) is 0 Å². The van der Waals surface area contributed by atoms with E-state index in [4.69, 9.17) is 5.11 Å². The Labute approximate surface area is 105 Å². The number of sulfone groups is 1. The first kappa shape index (κ1) is 14.6. The van der Waals surface area contributed by atoms with Crippen molar-refractivity contribution in [2.45, 2.75) is 30.6 Å². The standard InChI is InChI=1S/C12H15FO4S/c13-10-5-7-11(8-6-10)18(16,17)9-3-1-2-4-12(14)15/h5-8H,1-4,9H2,(H,14,15).